The van der Waals surface area contributed by atoms with E-state index in [0.29, 0.717) is 6.54 Å². The van der Waals surface area contributed by atoms with Crippen molar-refractivity contribution in [2.45, 2.75) is 12.8 Å². The quantitative estimate of drug-likeness (QED) is 0.837. The maximum atomic E-state index is 12.2. The van der Waals surface area contributed by atoms with Crippen LogP contribution in [0.4, 0.5) is 10.5 Å². The Labute approximate surface area is 128 Å². The van der Waals surface area contributed by atoms with E-state index in [4.69, 9.17) is 5.11 Å². The highest BCUT2D eigenvalue weighted by Crippen LogP contribution is 2.27. The summed E-state index contributed by atoms with van der Waals surface area (Å²) in [4.78, 5) is 37.3. The highest BCUT2D eigenvalue weighted by atomic mass is 16.4. The SMILES string of the molecule is CN(CCC(=O)O)C(=O)NCC(=O)N1CCc2ccccc21. The molecule has 1 heterocycles. The van der Waals surface area contributed by atoms with E-state index in [1.807, 2.05) is 24.3 Å². The van der Waals surface area contributed by atoms with E-state index in [-0.39, 0.29) is 25.4 Å². The van der Waals surface area contributed by atoms with Crippen LogP contribution >= 0.6 is 0 Å². The summed E-state index contributed by atoms with van der Waals surface area (Å²) in [5, 5.41) is 11.1. The third kappa shape index (κ3) is 3.75. The van der Waals surface area contributed by atoms with Gasteiger partial charge in [-0.15, -0.1) is 0 Å². The van der Waals surface area contributed by atoms with Crippen LogP contribution in [0.5, 0.6) is 0 Å². The lowest BCUT2D eigenvalue weighted by Gasteiger charge is -2.20. The fourth-order valence-corrected chi connectivity index (χ4v) is 2.34. The minimum atomic E-state index is -0.968. The van der Waals surface area contributed by atoms with Crippen molar-refractivity contribution in [2.24, 2.45) is 0 Å². The molecule has 0 aromatic heterocycles. The van der Waals surface area contributed by atoms with Crippen LogP contribution < -0.4 is 10.2 Å². The van der Waals surface area contributed by atoms with Crippen LogP contribution in [0.1, 0.15) is 12.0 Å². The Hall–Kier alpha value is -2.57. The standard InChI is InChI=1S/C15H19N3O4/c1-17(8-7-14(20)21)15(22)16-10-13(19)18-9-6-11-4-2-3-5-12(11)18/h2-5H,6-10H2,1H3,(H,16,22)(H,20,21). The number of rotatable bonds is 5. The molecule has 7 heteroatoms. The summed E-state index contributed by atoms with van der Waals surface area (Å²) in [5.74, 6) is -1.14. The molecule has 1 aliphatic heterocycles. The number of amides is 3. The van der Waals surface area contributed by atoms with Gasteiger partial charge in [-0.2, -0.15) is 0 Å². The number of anilines is 1. The molecule has 0 aliphatic carbocycles. The number of fused-ring (bicyclic) bond motifs is 1. The van der Waals surface area contributed by atoms with Crippen LogP contribution in [0.2, 0.25) is 0 Å². The van der Waals surface area contributed by atoms with Gasteiger partial charge in [-0.1, -0.05) is 18.2 Å². The molecule has 1 aromatic carbocycles. The summed E-state index contributed by atoms with van der Waals surface area (Å²) in [6.07, 6.45) is 0.686. The van der Waals surface area contributed by atoms with Gasteiger partial charge in [0.05, 0.1) is 13.0 Å². The highest BCUT2D eigenvalue weighted by molar-refractivity contribution is 5.98. The molecule has 118 valence electrons. The lowest BCUT2D eigenvalue weighted by molar-refractivity contribution is -0.137. The summed E-state index contributed by atoms with van der Waals surface area (Å²) in [5.41, 5.74) is 2.02. The van der Waals surface area contributed by atoms with E-state index >= 15 is 0 Å². The number of para-hydroxylation sites is 1. The van der Waals surface area contributed by atoms with Crippen LogP contribution in [-0.4, -0.2) is 54.6 Å². The number of carbonyl (C=O) groups is 3. The van der Waals surface area contributed by atoms with Crippen LogP contribution in [0.15, 0.2) is 24.3 Å². The van der Waals surface area contributed by atoms with Gasteiger partial charge in [0.15, 0.2) is 0 Å². The molecular weight excluding hydrogens is 286 g/mol. The minimum absolute atomic E-state index is 0.0991. The second kappa shape index (κ2) is 6.93. The topological polar surface area (TPSA) is 90.0 Å². The van der Waals surface area contributed by atoms with Crippen LogP contribution in [0.25, 0.3) is 0 Å². The van der Waals surface area contributed by atoms with Gasteiger partial charge in [0.25, 0.3) is 0 Å². The number of carbonyl (C=O) groups excluding carboxylic acids is 2. The Balaban J connectivity index is 1.83. The molecule has 1 aromatic rings. The number of aliphatic carboxylic acids is 1. The zero-order valence-electron chi connectivity index (χ0n) is 12.4. The van der Waals surface area contributed by atoms with Crippen molar-refractivity contribution in [2.75, 3.05) is 31.6 Å². The van der Waals surface area contributed by atoms with Crippen LogP contribution in [0, 0.1) is 0 Å². The first-order valence-corrected chi connectivity index (χ1v) is 7.08. The molecule has 3 amide bonds. The maximum absolute atomic E-state index is 12.2. The molecule has 2 N–H and O–H groups in total. The number of nitrogens with zero attached hydrogens (tertiary/aromatic N) is 2. The molecule has 0 saturated carbocycles. The average Bonchev–Trinajstić information content (AvgIpc) is 2.93. The summed E-state index contributed by atoms with van der Waals surface area (Å²) in [6, 6.07) is 7.23. The van der Waals surface area contributed by atoms with Crippen molar-refractivity contribution in [3.63, 3.8) is 0 Å². The zero-order chi connectivity index (χ0) is 16.1. The average molecular weight is 305 g/mol. The van der Waals surface area contributed by atoms with E-state index in [1.165, 1.54) is 11.9 Å². The van der Waals surface area contributed by atoms with E-state index < -0.39 is 12.0 Å². The van der Waals surface area contributed by atoms with Crippen molar-refractivity contribution >= 4 is 23.6 Å². The molecular formula is C15H19N3O4. The number of urea groups is 1. The Kier molecular flexibility index (Phi) is 4.98. The van der Waals surface area contributed by atoms with Crippen molar-refractivity contribution in [1.29, 1.82) is 0 Å². The highest BCUT2D eigenvalue weighted by Gasteiger charge is 2.24. The van der Waals surface area contributed by atoms with Crippen molar-refractivity contribution < 1.29 is 19.5 Å². The van der Waals surface area contributed by atoms with E-state index in [9.17, 15) is 14.4 Å². The fraction of sp³-hybridized carbons (Fsp3) is 0.400. The molecule has 0 radical (unpaired) electrons. The number of carboxylic acid groups (broad SMARTS) is 1. The predicted octanol–water partition coefficient (Wildman–Crippen LogP) is 0.692. The summed E-state index contributed by atoms with van der Waals surface area (Å²) >= 11 is 0. The van der Waals surface area contributed by atoms with Crippen molar-refractivity contribution in [3.05, 3.63) is 29.8 Å². The zero-order valence-corrected chi connectivity index (χ0v) is 12.4. The number of hydrogen-bond donors (Lipinski definition) is 2. The van der Waals surface area contributed by atoms with Gasteiger partial charge in [-0.3, -0.25) is 9.59 Å². The second-order valence-corrected chi connectivity index (χ2v) is 5.15. The molecule has 0 bridgehead atoms. The van der Waals surface area contributed by atoms with E-state index in [2.05, 4.69) is 5.32 Å². The van der Waals surface area contributed by atoms with E-state index in [0.717, 1.165) is 17.7 Å². The van der Waals surface area contributed by atoms with Crippen LogP contribution in [0.3, 0.4) is 0 Å². The first kappa shape index (κ1) is 15.8. The minimum Gasteiger partial charge on any atom is -0.481 e. The number of carboxylic acids is 1. The molecule has 0 unspecified atom stereocenters. The summed E-state index contributed by atoms with van der Waals surface area (Å²) in [7, 11) is 1.49. The van der Waals surface area contributed by atoms with Crippen molar-refractivity contribution in [3.8, 4) is 0 Å². The van der Waals surface area contributed by atoms with Gasteiger partial charge in [0.2, 0.25) is 5.91 Å². The molecule has 7 nitrogen and oxygen atoms in total. The van der Waals surface area contributed by atoms with Crippen molar-refractivity contribution in [1.82, 2.24) is 10.2 Å². The smallest absolute Gasteiger partial charge is 0.317 e. The van der Waals surface area contributed by atoms with Gasteiger partial charge in [0.1, 0.15) is 0 Å². The lowest BCUT2D eigenvalue weighted by Crippen LogP contribution is -2.44. The number of benzene rings is 1. The molecule has 0 saturated heterocycles. The van der Waals surface area contributed by atoms with Gasteiger partial charge in [-0.05, 0) is 18.1 Å². The Morgan fingerprint density at radius 1 is 1.32 bits per heavy atom. The van der Waals surface area contributed by atoms with Gasteiger partial charge in [-0.25, -0.2) is 4.79 Å². The molecule has 2 rings (SSSR count). The Morgan fingerprint density at radius 3 is 2.77 bits per heavy atom. The predicted molar refractivity (Wildman–Crippen MR) is 80.8 cm³/mol. The molecule has 22 heavy (non-hydrogen) atoms. The third-order valence-corrected chi connectivity index (χ3v) is 3.59. The largest absolute Gasteiger partial charge is 0.481 e. The monoisotopic (exact) mass is 305 g/mol. The normalized spacial score (nSPS) is 12.7. The molecule has 1 aliphatic rings. The maximum Gasteiger partial charge on any atom is 0.317 e. The first-order chi connectivity index (χ1) is 10.5. The number of hydrogen-bond acceptors (Lipinski definition) is 3. The van der Waals surface area contributed by atoms with Gasteiger partial charge in [0, 0.05) is 25.8 Å². The first-order valence-electron chi connectivity index (χ1n) is 7.08. The van der Waals surface area contributed by atoms with Gasteiger partial charge < -0.3 is 20.2 Å². The lowest BCUT2D eigenvalue weighted by atomic mass is 10.2. The number of nitrogens with one attached hydrogen (secondary N) is 1. The van der Waals surface area contributed by atoms with E-state index in [1.54, 1.807) is 4.90 Å². The molecule has 0 fully saturated rings. The second-order valence-electron chi connectivity index (χ2n) is 5.15. The Morgan fingerprint density at radius 2 is 2.05 bits per heavy atom. The molecule has 0 atom stereocenters. The Bertz CT molecular complexity index is 588. The summed E-state index contributed by atoms with van der Waals surface area (Å²) in [6.45, 7) is 0.607. The van der Waals surface area contributed by atoms with Gasteiger partial charge >= 0.3 is 12.0 Å². The third-order valence-electron chi connectivity index (χ3n) is 3.59. The fourth-order valence-electron chi connectivity index (χ4n) is 2.34. The van der Waals surface area contributed by atoms with Crippen LogP contribution in [-0.2, 0) is 16.0 Å². The summed E-state index contributed by atoms with van der Waals surface area (Å²) < 4.78 is 0. The molecule has 0 spiro atoms.